The molecule has 0 radical (unpaired) electrons. The van der Waals surface area contributed by atoms with E-state index in [1.54, 1.807) is 51.3 Å². The minimum Gasteiger partial charge on any atom is -0.497 e. The highest BCUT2D eigenvalue weighted by atomic mass is 32.2. The molecule has 0 aromatic heterocycles. The normalized spacial score (nSPS) is 14.4. The number of aryl methyl sites for hydroxylation is 1. The molecule has 7 heteroatoms. The summed E-state index contributed by atoms with van der Waals surface area (Å²) >= 11 is 0. The van der Waals surface area contributed by atoms with Crippen LogP contribution in [0.1, 0.15) is 36.1 Å². The molecule has 0 unspecified atom stereocenters. The molecule has 6 nitrogen and oxygen atoms in total. The van der Waals surface area contributed by atoms with Crippen molar-refractivity contribution in [3.8, 4) is 11.5 Å². The molecule has 4 aromatic rings. The van der Waals surface area contributed by atoms with Gasteiger partial charge in [-0.1, -0.05) is 48.0 Å². The second-order valence-corrected chi connectivity index (χ2v) is 11.4. The maximum atomic E-state index is 13.0. The molecule has 5 rings (SSSR count). The third-order valence-electron chi connectivity index (χ3n) is 6.51. The standard InChI is InChI=1S/C32H29NO5S/c1-21-10-17-26(18-11-21)39(35,36)38-25-16-19-27-28(20-25)29(22-8-6-5-7-9-22)30(32(2,3)34)31(27)33-23-12-14-24(37-4)15-13-23/h5-20,34H,1-4H3. The molecule has 0 saturated carbocycles. The fraction of sp³-hybridized carbons (Fsp3) is 0.156. The van der Waals surface area contributed by atoms with E-state index in [9.17, 15) is 13.5 Å². The molecule has 39 heavy (non-hydrogen) atoms. The minimum atomic E-state index is -4.05. The first-order valence-corrected chi connectivity index (χ1v) is 13.9. The van der Waals surface area contributed by atoms with Gasteiger partial charge < -0.3 is 14.0 Å². The smallest absolute Gasteiger partial charge is 0.339 e. The highest BCUT2D eigenvalue weighted by Crippen LogP contribution is 2.44. The monoisotopic (exact) mass is 539 g/mol. The first kappa shape index (κ1) is 26.4. The van der Waals surface area contributed by atoms with Crippen LogP contribution in [0.2, 0.25) is 0 Å². The Morgan fingerprint density at radius 1 is 0.795 bits per heavy atom. The summed E-state index contributed by atoms with van der Waals surface area (Å²) in [5.41, 5.74) is 4.75. The van der Waals surface area contributed by atoms with E-state index in [0.717, 1.165) is 27.8 Å². The van der Waals surface area contributed by atoms with E-state index in [1.165, 1.54) is 12.1 Å². The SMILES string of the molecule is COc1ccc(N=C2C(C(C)(C)O)=C(c3ccccc3)c3cc(OS(=O)(=O)c4ccc(C)cc4)ccc32)cc1. The van der Waals surface area contributed by atoms with E-state index in [0.29, 0.717) is 22.7 Å². The van der Waals surface area contributed by atoms with Gasteiger partial charge in [-0.2, -0.15) is 8.42 Å². The summed E-state index contributed by atoms with van der Waals surface area (Å²) in [5.74, 6) is 0.883. The van der Waals surface area contributed by atoms with Gasteiger partial charge in [0.2, 0.25) is 0 Å². The molecule has 0 saturated heterocycles. The summed E-state index contributed by atoms with van der Waals surface area (Å²) in [4.78, 5) is 5.02. The molecule has 0 bridgehead atoms. The van der Waals surface area contributed by atoms with Crippen molar-refractivity contribution in [2.24, 2.45) is 4.99 Å². The third kappa shape index (κ3) is 5.37. The number of fused-ring (bicyclic) bond motifs is 1. The van der Waals surface area contributed by atoms with Gasteiger partial charge in [-0.3, -0.25) is 0 Å². The van der Waals surface area contributed by atoms with E-state index in [1.807, 2.05) is 61.5 Å². The Labute approximate surface area is 229 Å². The van der Waals surface area contributed by atoms with Crippen molar-refractivity contribution in [2.45, 2.75) is 31.3 Å². The predicted octanol–water partition coefficient (Wildman–Crippen LogP) is 6.48. The fourth-order valence-electron chi connectivity index (χ4n) is 4.66. The summed E-state index contributed by atoms with van der Waals surface area (Å²) in [6.45, 7) is 5.33. The number of hydrogen-bond donors (Lipinski definition) is 1. The van der Waals surface area contributed by atoms with Crippen molar-refractivity contribution in [1.82, 2.24) is 0 Å². The summed E-state index contributed by atoms with van der Waals surface area (Å²) in [6, 6.07) is 28.6. The highest BCUT2D eigenvalue weighted by molar-refractivity contribution is 7.87. The number of methoxy groups -OCH3 is 1. The first-order chi connectivity index (χ1) is 18.6. The van der Waals surface area contributed by atoms with Crippen molar-refractivity contribution < 1.29 is 22.4 Å². The molecule has 0 fully saturated rings. The van der Waals surface area contributed by atoms with Crippen molar-refractivity contribution in [2.75, 3.05) is 7.11 Å². The van der Waals surface area contributed by atoms with Crippen molar-refractivity contribution >= 4 is 27.1 Å². The van der Waals surface area contributed by atoms with Gasteiger partial charge in [-0.05, 0) is 92.1 Å². The summed E-state index contributed by atoms with van der Waals surface area (Å²) in [7, 11) is -2.44. The number of benzene rings is 4. The molecule has 0 atom stereocenters. The summed E-state index contributed by atoms with van der Waals surface area (Å²) < 4.78 is 36.9. The van der Waals surface area contributed by atoms with Crippen molar-refractivity contribution in [3.05, 3.63) is 125 Å². The maximum absolute atomic E-state index is 13.0. The molecular weight excluding hydrogens is 510 g/mol. The van der Waals surface area contributed by atoms with Gasteiger partial charge in [0.1, 0.15) is 16.4 Å². The van der Waals surface area contributed by atoms with Crippen molar-refractivity contribution in [3.63, 3.8) is 0 Å². The lowest BCUT2D eigenvalue weighted by Gasteiger charge is -2.22. The Bertz CT molecular complexity index is 1680. The third-order valence-corrected chi connectivity index (χ3v) is 7.77. The number of ether oxygens (including phenoxy) is 1. The molecule has 1 aliphatic rings. The largest absolute Gasteiger partial charge is 0.497 e. The molecule has 1 aliphatic carbocycles. The Morgan fingerprint density at radius 2 is 1.44 bits per heavy atom. The van der Waals surface area contributed by atoms with E-state index in [4.69, 9.17) is 13.9 Å². The molecule has 0 aliphatic heterocycles. The van der Waals surface area contributed by atoms with Crippen LogP contribution in [0.5, 0.6) is 11.5 Å². The number of rotatable bonds is 7. The van der Waals surface area contributed by atoms with Crippen LogP contribution in [0, 0.1) is 6.92 Å². The van der Waals surface area contributed by atoms with Gasteiger partial charge in [0, 0.05) is 11.1 Å². The summed E-state index contributed by atoms with van der Waals surface area (Å²) in [6.07, 6.45) is 0. The quantitative estimate of drug-likeness (QED) is 0.272. The van der Waals surface area contributed by atoms with Crippen LogP contribution >= 0.6 is 0 Å². The lowest BCUT2D eigenvalue weighted by molar-refractivity contribution is 0.127. The maximum Gasteiger partial charge on any atom is 0.339 e. The van der Waals surface area contributed by atoms with Gasteiger partial charge in [0.05, 0.1) is 24.1 Å². The molecule has 0 amide bonds. The van der Waals surface area contributed by atoms with Crippen LogP contribution in [0.15, 0.2) is 113 Å². The minimum absolute atomic E-state index is 0.0753. The average Bonchev–Trinajstić information content (AvgIpc) is 3.23. The van der Waals surface area contributed by atoms with E-state index >= 15 is 0 Å². The second kappa shape index (κ2) is 10.2. The zero-order valence-corrected chi connectivity index (χ0v) is 23.0. The van der Waals surface area contributed by atoms with E-state index in [2.05, 4.69) is 0 Å². The van der Waals surface area contributed by atoms with Gasteiger partial charge >= 0.3 is 10.1 Å². The Kier molecular flexibility index (Phi) is 6.89. The van der Waals surface area contributed by atoms with Crippen LogP contribution in [-0.4, -0.2) is 31.9 Å². The topological polar surface area (TPSA) is 85.2 Å². The highest BCUT2D eigenvalue weighted by Gasteiger charge is 2.37. The lowest BCUT2D eigenvalue weighted by atomic mass is 9.89. The molecule has 0 heterocycles. The molecule has 1 N–H and O–H groups in total. The number of aliphatic hydroxyl groups is 1. The van der Waals surface area contributed by atoms with Gasteiger partial charge in [0.25, 0.3) is 0 Å². The Hall–Kier alpha value is -4.20. The zero-order chi connectivity index (χ0) is 27.8. The number of nitrogens with zero attached hydrogens (tertiary/aromatic N) is 1. The number of aliphatic imine (C=N–C) groups is 1. The van der Waals surface area contributed by atoms with Crippen LogP contribution < -0.4 is 8.92 Å². The molecule has 0 spiro atoms. The fourth-order valence-corrected chi connectivity index (χ4v) is 5.58. The lowest BCUT2D eigenvalue weighted by Crippen LogP contribution is -2.27. The van der Waals surface area contributed by atoms with Gasteiger partial charge in [0.15, 0.2) is 0 Å². The summed E-state index contributed by atoms with van der Waals surface area (Å²) in [5, 5.41) is 11.4. The number of hydrogen-bond acceptors (Lipinski definition) is 6. The second-order valence-electron chi connectivity index (χ2n) is 9.89. The van der Waals surface area contributed by atoms with E-state index in [-0.39, 0.29) is 10.6 Å². The molecule has 4 aromatic carbocycles. The molecule has 198 valence electrons. The Morgan fingerprint density at radius 3 is 2.05 bits per heavy atom. The first-order valence-electron chi connectivity index (χ1n) is 12.5. The van der Waals surface area contributed by atoms with Crippen LogP contribution in [0.25, 0.3) is 5.57 Å². The van der Waals surface area contributed by atoms with Crippen LogP contribution in [0.4, 0.5) is 5.69 Å². The van der Waals surface area contributed by atoms with Gasteiger partial charge in [-0.15, -0.1) is 0 Å². The predicted molar refractivity (Wildman–Crippen MR) is 153 cm³/mol. The zero-order valence-electron chi connectivity index (χ0n) is 22.2. The van der Waals surface area contributed by atoms with Crippen molar-refractivity contribution in [1.29, 1.82) is 0 Å². The van der Waals surface area contributed by atoms with E-state index < -0.39 is 15.7 Å². The Balaban J connectivity index is 1.68. The van der Waals surface area contributed by atoms with Gasteiger partial charge in [-0.25, -0.2) is 4.99 Å². The van der Waals surface area contributed by atoms with Crippen LogP contribution in [-0.2, 0) is 10.1 Å². The van der Waals surface area contributed by atoms with Crippen LogP contribution in [0.3, 0.4) is 0 Å². The molecular formula is C32H29NO5S. The average molecular weight is 540 g/mol.